The SMILES string of the molecule is Cl.NCC1CN(C(=O)c2cccs2)CCO1. The van der Waals surface area contributed by atoms with Crippen LogP contribution in [-0.4, -0.2) is 43.2 Å². The second-order valence-electron chi connectivity index (χ2n) is 3.46. The monoisotopic (exact) mass is 262 g/mol. The van der Waals surface area contributed by atoms with Crippen LogP contribution in [0.3, 0.4) is 0 Å². The van der Waals surface area contributed by atoms with Crippen molar-refractivity contribution in [2.24, 2.45) is 5.73 Å². The van der Waals surface area contributed by atoms with Gasteiger partial charge < -0.3 is 15.4 Å². The molecule has 1 fully saturated rings. The molecule has 0 saturated carbocycles. The first-order valence-corrected chi connectivity index (χ1v) is 5.83. The van der Waals surface area contributed by atoms with E-state index in [9.17, 15) is 4.79 Å². The van der Waals surface area contributed by atoms with E-state index in [4.69, 9.17) is 10.5 Å². The molecule has 0 bridgehead atoms. The van der Waals surface area contributed by atoms with Gasteiger partial charge in [0.05, 0.1) is 17.6 Å². The lowest BCUT2D eigenvalue weighted by Crippen LogP contribution is -2.47. The Labute approximate surface area is 105 Å². The quantitative estimate of drug-likeness (QED) is 0.864. The van der Waals surface area contributed by atoms with Crippen LogP contribution in [0.5, 0.6) is 0 Å². The molecule has 0 aliphatic carbocycles. The Bertz CT molecular complexity index is 332. The maximum absolute atomic E-state index is 12.0. The summed E-state index contributed by atoms with van der Waals surface area (Å²) in [7, 11) is 0. The molecule has 1 saturated heterocycles. The molecule has 1 aromatic heterocycles. The Morgan fingerprint density at radius 3 is 3.12 bits per heavy atom. The van der Waals surface area contributed by atoms with Crippen molar-refractivity contribution < 1.29 is 9.53 Å². The van der Waals surface area contributed by atoms with Gasteiger partial charge in [0.1, 0.15) is 0 Å². The van der Waals surface area contributed by atoms with E-state index >= 15 is 0 Å². The fourth-order valence-electron chi connectivity index (χ4n) is 1.60. The molecule has 2 rings (SSSR count). The summed E-state index contributed by atoms with van der Waals surface area (Å²) in [4.78, 5) is 14.6. The zero-order chi connectivity index (χ0) is 10.7. The lowest BCUT2D eigenvalue weighted by atomic mass is 10.2. The Morgan fingerprint density at radius 2 is 2.50 bits per heavy atom. The molecule has 6 heteroatoms. The molecule has 1 amide bonds. The second-order valence-corrected chi connectivity index (χ2v) is 4.40. The third-order valence-corrected chi connectivity index (χ3v) is 3.28. The fraction of sp³-hybridized carbons (Fsp3) is 0.500. The number of morpholine rings is 1. The molecule has 16 heavy (non-hydrogen) atoms. The maximum atomic E-state index is 12.0. The number of amides is 1. The highest BCUT2D eigenvalue weighted by molar-refractivity contribution is 7.12. The third-order valence-electron chi connectivity index (χ3n) is 2.42. The van der Waals surface area contributed by atoms with Crippen molar-refractivity contribution in [3.05, 3.63) is 22.4 Å². The highest BCUT2D eigenvalue weighted by Crippen LogP contribution is 2.14. The van der Waals surface area contributed by atoms with Gasteiger partial charge in [0.2, 0.25) is 0 Å². The summed E-state index contributed by atoms with van der Waals surface area (Å²) in [6.07, 6.45) is -0.0114. The minimum absolute atomic E-state index is 0. The molecule has 0 spiro atoms. The van der Waals surface area contributed by atoms with E-state index in [1.165, 1.54) is 11.3 Å². The van der Waals surface area contributed by atoms with Crippen LogP contribution in [0.15, 0.2) is 17.5 Å². The van der Waals surface area contributed by atoms with E-state index in [-0.39, 0.29) is 24.4 Å². The zero-order valence-corrected chi connectivity index (χ0v) is 10.4. The van der Waals surface area contributed by atoms with Crippen LogP contribution in [0.25, 0.3) is 0 Å². The van der Waals surface area contributed by atoms with Crippen LogP contribution in [0.4, 0.5) is 0 Å². The Kier molecular flexibility index (Phi) is 5.21. The molecule has 2 heterocycles. The van der Waals surface area contributed by atoms with Gasteiger partial charge in [-0.05, 0) is 11.4 Å². The molecule has 2 N–H and O–H groups in total. The summed E-state index contributed by atoms with van der Waals surface area (Å²) in [6.45, 7) is 2.31. The molecule has 1 aliphatic heterocycles. The summed E-state index contributed by atoms with van der Waals surface area (Å²) >= 11 is 1.47. The predicted molar refractivity (Wildman–Crippen MR) is 66.3 cm³/mol. The van der Waals surface area contributed by atoms with E-state index in [1.807, 2.05) is 22.4 Å². The van der Waals surface area contributed by atoms with Crippen LogP contribution < -0.4 is 5.73 Å². The number of nitrogens with two attached hydrogens (primary N) is 1. The highest BCUT2D eigenvalue weighted by Gasteiger charge is 2.24. The highest BCUT2D eigenvalue weighted by atomic mass is 35.5. The molecule has 1 aliphatic rings. The first-order valence-electron chi connectivity index (χ1n) is 4.95. The average molecular weight is 263 g/mol. The number of hydrogen-bond donors (Lipinski definition) is 1. The number of halogens is 1. The first kappa shape index (κ1) is 13.4. The van der Waals surface area contributed by atoms with Crippen molar-refractivity contribution in [2.45, 2.75) is 6.10 Å². The molecular formula is C10H15ClN2O2S. The predicted octanol–water partition coefficient (Wildman–Crippen LogP) is 0.970. The number of rotatable bonds is 2. The smallest absolute Gasteiger partial charge is 0.264 e. The molecular weight excluding hydrogens is 248 g/mol. The van der Waals surface area contributed by atoms with Crippen LogP contribution >= 0.6 is 23.7 Å². The molecule has 4 nitrogen and oxygen atoms in total. The van der Waals surface area contributed by atoms with Gasteiger partial charge in [-0.25, -0.2) is 0 Å². The van der Waals surface area contributed by atoms with E-state index in [1.54, 1.807) is 0 Å². The topological polar surface area (TPSA) is 55.6 Å². The summed E-state index contributed by atoms with van der Waals surface area (Å²) < 4.78 is 5.41. The first-order chi connectivity index (χ1) is 7.31. The van der Waals surface area contributed by atoms with Gasteiger partial charge in [0, 0.05) is 19.6 Å². The second kappa shape index (κ2) is 6.20. The van der Waals surface area contributed by atoms with E-state index in [0.29, 0.717) is 26.2 Å². The van der Waals surface area contributed by atoms with E-state index in [0.717, 1.165) is 4.88 Å². The average Bonchev–Trinajstić information content (AvgIpc) is 2.81. The fourth-order valence-corrected chi connectivity index (χ4v) is 2.29. The molecule has 0 aromatic carbocycles. The van der Waals surface area contributed by atoms with Gasteiger partial charge in [-0.2, -0.15) is 0 Å². The summed E-state index contributed by atoms with van der Waals surface area (Å²) in [5.74, 6) is 0.0896. The Balaban J connectivity index is 0.00000128. The van der Waals surface area contributed by atoms with Crippen molar-refractivity contribution in [3.63, 3.8) is 0 Å². The van der Waals surface area contributed by atoms with Crippen LogP contribution in [-0.2, 0) is 4.74 Å². The van der Waals surface area contributed by atoms with Gasteiger partial charge in [0.25, 0.3) is 5.91 Å². The lowest BCUT2D eigenvalue weighted by molar-refractivity contribution is -0.0165. The largest absolute Gasteiger partial charge is 0.373 e. The third kappa shape index (κ3) is 2.95. The van der Waals surface area contributed by atoms with Crippen molar-refractivity contribution in [2.75, 3.05) is 26.2 Å². The van der Waals surface area contributed by atoms with Gasteiger partial charge in [-0.15, -0.1) is 23.7 Å². The van der Waals surface area contributed by atoms with Crippen molar-refractivity contribution in [3.8, 4) is 0 Å². The Hall–Kier alpha value is -0.620. The standard InChI is InChI=1S/C10H14N2O2S.ClH/c11-6-8-7-12(3-4-14-8)10(13)9-2-1-5-15-9;/h1-2,5,8H,3-4,6-7,11H2;1H. The number of hydrogen-bond acceptors (Lipinski definition) is 4. The van der Waals surface area contributed by atoms with Crippen molar-refractivity contribution in [1.29, 1.82) is 0 Å². The van der Waals surface area contributed by atoms with Crippen molar-refractivity contribution in [1.82, 2.24) is 4.90 Å². The minimum atomic E-state index is -0.0114. The zero-order valence-electron chi connectivity index (χ0n) is 8.80. The molecule has 1 atom stereocenters. The lowest BCUT2D eigenvalue weighted by Gasteiger charge is -2.32. The van der Waals surface area contributed by atoms with Gasteiger partial charge in [-0.3, -0.25) is 4.79 Å². The van der Waals surface area contributed by atoms with Gasteiger partial charge >= 0.3 is 0 Å². The maximum Gasteiger partial charge on any atom is 0.264 e. The summed E-state index contributed by atoms with van der Waals surface area (Å²) in [5, 5.41) is 1.91. The van der Waals surface area contributed by atoms with Gasteiger partial charge in [-0.1, -0.05) is 6.07 Å². The van der Waals surface area contributed by atoms with Crippen molar-refractivity contribution >= 4 is 29.7 Å². The normalized spacial score (nSPS) is 20.3. The summed E-state index contributed by atoms with van der Waals surface area (Å²) in [5.41, 5.74) is 5.52. The van der Waals surface area contributed by atoms with E-state index < -0.39 is 0 Å². The number of nitrogens with zero attached hydrogens (tertiary/aromatic N) is 1. The number of thiophene rings is 1. The molecule has 1 unspecified atom stereocenters. The number of ether oxygens (including phenoxy) is 1. The minimum Gasteiger partial charge on any atom is -0.373 e. The van der Waals surface area contributed by atoms with Crippen LogP contribution in [0.2, 0.25) is 0 Å². The summed E-state index contributed by atoms with van der Waals surface area (Å²) in [6, 6.07) is 3.73. The van der Waals surface area contributed by atoms with E-state index in [2.05, 4.69) is 0 Å². The van der Waals surface area contributed by atoms with Crippen LogP contribution in [0.1, 0.15) is 9.67 Å². The molecule has 1 aromatic rings. The molecule has 0 radical (unpaired) electrons. The molecule has 90 valence electrons. The number of carbonyl (C=O) groups is 1. The number of carbonyl (C=O) groups excluding carboxylic acids is 1. The van der Waals surface area contributed by atoms with Gasteiger partial charge in [0.15, 0.2) is 0 Å². The Morgan fingerprint density at radius 1 is 1.69 bits per heavy atom. The van der Waals surface area contributed by atoms with Crippen LogP contribution in [0, 0.1) is 0 Å².